The van der Waals surface area contributed by atoms with Gasteiger partial charge in [0.2, 0.25) is 5.91 Å². The number of nitrogens with one attached hydrogen (secondary N) is 1. The first-order valence-electron chi connectivity index (χ1n) is 8.52. The average molecular weight is 368 g/mol. The summed E-state index contributed by atoms with van der Waals surface area (Å²) in [4.78, 5) is 28.0. The summed E-state index contributed by atoms with van der Waals surface area (Å²) in [6.07, 6.45) is 1.79. The average Bonchev–Trinajstić information content (AvgIpc) is 3.05. The zero-order chi connectivity index (χ0) is 18.4. The highest BCUT2D eigenvalue weighted by Crippen LogP contribution is 2.22. The lowest BCUT2D eigenvalue weighted by Crippen LogP contribution is -2.31. The lowest BCUT2D eigenvalue weighted by molar-refractivity contribution is -0.138. The normalized spacial score (nSPS) is 12.0. The fourth-order valence-electron chi connectivity index (χ4n) is 2.76. The zero-order valence-electron chi connectivity index (χ0n) is 14.2. The first-order valence-corrected chi connectivity index (χ1v) is 9.34. The second kappa shape index (κ2) is 8.58. The van der Waals surface area contributed by atoms with E-state index in [1.807, 2.05) is 30.3 Å². The zero-order valence-corrected chi connectivity index (χ0v) is 15.0. The van der Waals surface area contributed by atoms with Gasteiger partial charge in [-0.25, -0.2) is 4.98 Å². The molecule has 1 amide bonds. The van der Waals surface area contributed by atoms with Gasteiger partial charge in [0.1, 0.15) is 0 Å². The van der Waals surface area contributed by atoms with Crippen molar-refractivity contribution in [2.75, 3.05) is 6.54 Å². The fraction of sp³-hybridized carbons (Fsp3) is 0.250. The van der Waals surface area contributed by atoms with Crippen LogP contribution in [0.3, 0.4) is 0 Å². The Kier molecular flexibility index (Phi) is 5.96. The molecule has 0 saturated heterocycles. The van der Waals surface area contributed by atoms with Crippen LogP contribution in [0.5, 0.6) is 0 Å². The van der Waals surface area contributed by atoms with Gasteiger partial charge in [-0.1, -0.05) is 42.5 Å². The molecule has 0 spiro atoms. The summed E-state index contributed by atoms with van der Waals surface area (Å²) in [6, 6.07) is 16.9. The van der Waals surface area contributed by atoms with Crippen LogP contribution in [0.25, 0.3) is 10.2 Å². The number of amides is 1. The number of fused-ring (bicyclic) bond motifs is 1. The number of carboxylic acids is 1. The lowest BCUT2D eigenvalue weighted by Gasteiger charge is -2.13. The highest BCUT2D eigenvalue weighted by molar-refractivity contribution is 7.18. The molecule has 0 fully saturated rings. The van der Waals surface area contributed by atoms with Gasteiger partial charge in [-0.3, -0.25) is 9.59 Å². The van der Waals surface area contributed by atoms with Crippen LogP contribution in [0.2, 0.25) is 0 Å². The van der Waals surface area contributed by atoms with Gasteiger partial charge in [-0.05, 0) is 30.5 Å². The number of carbonyl (C=O) groups is 2. The van der Waals surface area contributed by atoms with Gasteiger partial charge in [-0.2, -0.15) is 0 Å². The minimum Gasteiger partial charge on any atom is -0.481 e. The van der Waals surface area contributed by atoms with Gasteiger partial charge in [0.05, 0.1) is 21.1 Å². The summed E-state index contributed by atoms with van der Waals surface area (Å²) in [5.74, 6) is -1.80. The minimum absolute atomic E-state index is 0.0965. The van der Waals surface area contributed by atoms with Gasteiger partial charge < -0.3 is 10.4 Å². The number of aromatic nitrogens is 1. The largest absolute Gasteiger partial charge is 0.481 e. The molecule has 0 saturated carbocycles. The van der Waals surface area contributed by atoms with Crippen molar-refractivity contribution in [1.82, 2.24) is 10.3 Å². The predicted octanol–water partition coefficient (Wildman–Crippen LogP) is 3.60. The van der Waals surface area contributed by atoms with Gasteiger partial charge in [0.25, 0.3) is 0 Å². The molecule has 0 aliphatic carbocycles. The van der Waals surface area contributed by atoms with Crippen molar-refractivity contribution in [3.63, 3.8) is 0 Å². The summed E-state index contributed by atoms with van der Waals surface area (Å²) in [5, 5.41) is 13.1. The van der Waals surface area contributed by atoms with Crippen LogP contribution >= 0.6 is 11.3 Å². The summed E-state index contributed by atoms with van der Waals surface area (Å²) in [5.41, 5.74) is 1.68. The Morgan fingerprint density at radius 2 is 1.81 bits per heavy atom. The quantitative estimate of drug-likeness (QED) is 0.637. The number of nitrogens with zero attached hydrogens (tertiary/aromatic N) is 1. The third kappa shape index (κ3) is 4.67. The molecule has 3 aromatic rings. The highest BCUT2D eigenvalue weighted by atomic mass is 32.1. The molecule has 0 bridgehead atoms. The Morgan fingerprint density at radius 3 is 2.54 bits per heavy atom. The molecule has 2 N–H and O–H groups in total. The van der Waals surface area contributed by atoms with Crippen LogP contribution in [0, 0.1) is 0 Å². The van der Waals surface area contributed by atoms with Crippen LogP contribution in [-0.2, 0) is 16.0 Å². The molecular formula is C20H20N2O3S. The van der Waals surface area contributed by atoms with E-state index in [4.69, 9.17) is 0 Å². The monoisotopic (exact) mass is 368 g/mol. The summed E-state index contributed by atoms with van der Waals surface area (Å²) in [7, 11) is 0. The lowest BCUT2D eigenvalue weighted by atomic mass is 9.99. The number of carbonyl (C=O) groups excluding carboxylic acids is 1. The van der Waals surface area contributed by atoms with Crippen molar-refractivity contribution in [2.24, 2.45) is 0 Å². The summed E-state index contributed by atoms with van der Waals surface area (Å²) >= 11 is 1.65. The predicted molar refractivity (Wildman–Crippen MR) is 102 cm³/mol. The van der Waals surface area contributed by atoms with Crippen molar-refractivity contribution in [1.29, 1.82) is 0 Å². The summed E-state index contributed by atoms with van der Waals surface area (Å²) in [6.45, 7) is 0.0965. The first kappa shape index (κ1) is 18.1. The van der Waals surface area contributed by atoms with Crippen molar-refractivity contribution in [2.45, 2.75) is 25.2 Å². The van der Waals surface area contributed by atoms with Gasteiger partial charge in [0.15, 0.2) is 0 Å². The van der Waals surface area contributed by atoms with E-state index in [2.05, 4.69) is 10.3 Å². The van der Waals surface area contributed by atoms with Crippen molar-refractivity contribution in [3.05, 3.63) is 65.2 Å². The maximum atomic E-state index is 12.0. The van der Waals surface area contributed by atoms with Crippen LogP contribution in [0.15, 0.2) is 54.6 Å². The van der Waals surface area contributed by atoms with E-state index in [9.17, 15) is 14.7 Å². The molecule has 1 aromatic heterocycles. The van der Waals surface area contributed by atoms with Gasteiger partial charge in [-0.15, -0.1) is 11.3 Å². The van der Waals surface area contributed by atoms with E-state index in [-0.39, 0.29) is 12.5 Å². The third-order valence-corrected chi connectivity index (χ3v) is 5.23. The number of para-hydroxylation sites is 1. The second-order valence-corrected chi connectivity index (χ2v) is 7.15. The van der Waals surface area contributed by atoms with E-state index >= 15 is 0 Å². The Bertz CT molecular complexity index is 859. The molecule has 0 unspecified atom stereocenters. The molecule has 6 heteroatoms. The second-order valence-electron chi connectivity index (χ2n) is 6.03. The van der Waals surface area contributed by atoms with Crippen LogP contribution in [0.4, 0.5) is 0 Å². The number of thiazole rings is 1. The van der Waals surface area contributed by atoms with E-state index < -0.39 is 11.9 Å². The number of hydrogen-bond donors (Lipinski definition) is 2. The highest BCUT2D eigenvalue weighted by Gasteiger charge is 2.20. The third-order valence-electron chi connectivity index (χ3n) is 4.14. The molecule has 0 aliphatic rings. The van der Waals surface area contributed by atoms with Crippen LogP contribution in [0.1, 0.15) is 29.3 Å². The molecule has 3 rings (SSSR count). The van der Waals surface area contributed by atoms with Crippen LogP contribution < -0.4 is 5.32 Å². The number of aryl methyl sites for hydroxylation is 1. The topological polar surface area (TPSA) is 79.3 Å². The molecule has 2 aromatic carbocycles. The Hall–Kier alpha value is -2.73. The molecule has 5 nitrogen and oxygen atoms in total. The Morgan fingerprint density at radius 1 is 1.08 bits per heavy atom. The standard InChI is InChI=1S/C20H20N2O3S/c23-18(21-13-15(20(24)25)14-7-2-1-3-8-14)11-6-12-19-22-16-9-4-5-10-17(16)26-19/h1-5,7-10,15H,6,11-13H2,(H,21,23)(H,24,25)/t15-/m0/s1. The number of rotatable bonds is 8. The molecule has 134 valence electrons. The Labute approximate surface area is 155 Å². The van der Waals surface area contributed by atoms with E-state index in [1.54, 1.807) is 35.6 Å². The van der Waals surface area contributed by atoms with E-state index in [0.29, 0.717) is 18.4 Å². The van der Waals surface area contributed by atoms with Gasteiger partial charge in [0, 0.05) is 13.0 Å². The van der Waals surface area contributed by atoms with Crippen molar-refractivity contribution >= 4 is 33.4 Å². The molecular weight excluding hydrogens is 348 g/mol. The van der Waals surface area contributed by atoms with Crippen molar-refractivity contribution in [3.8, 4) is 0 Å². The maximum Gasteiger partial charge on any atom is 0.312 e. The smallest absolute Gasteiger partial charge is 0.312 e. The van der Waals surface area contributed by atoms with E-state index in [1.165, 1.54) is 0 Å². The number of aliphatic carboxylic acids is 1. The number of carboxylic acid groups (broad SMARTS) is 1. The van der Waals surface area contributed by atoms with Crippen molar-refractivity contribution < 1.29 is 14.7 Å². The van der Waals surface area contributed by atoms with Crippen LogP contribution in [-0.4, -0.2) is 28.5 Å². The molecule has 0 aliphatic heterocycles. The molecule has 26 heavy (non-hydrogen) atoms. The number of benzene rings is 2. The fourth-order valence-corrected chi connectivity index (χ4v) is 3.77. The number of hydrogen-bond acceptors (Lipinski definition) is 4. The summed E-state index contributed by atoms with van der Waals surface area (Å²) < 4.78 is 1.15. The minimum atomic E-state index is -0.939. The molecule has 1 atom stereocenters. The molecule has 1 heterocycles. The SMILES string of the molecule is O=C(CCCc1nc2ccccc2s1)NC[C@H](C(=O)O)c1ccccc1. The maximum absolute atomic E-state index is 12.0. The van der Waals surface area contributed by atoms with Gasteiger partial charge >= 0.3 is 5.97 Å². The Balaban J connectivity index is 1.47. The first-order chi connectivity index (χ1) is 12.6. The van der Waals surface area contributed by atoms with E-state index in [0.717, 1.165) is 21.6 Å². The molecule has 0 radical (unpaired) electrons.